The Morgan fingerprint density at radius 2 is 2.00 bits per heavy atom. The molecule has 1 saturated heterocycles. The molecule has 1 unspecified atom stereocenters. The summed E-state index contributed by atoms with van der Waals surface area (Å²) < 4.78 is 8.08. The molecule has 1 atom stereocenters. The molecule has 0 bridgehead atoms. The number of carbonyl (C=O) groups excluding carboxylic acids is 1. The summed E-state index contributed by atoms with van der Waals surface area (Å²) in [6.45, 7) is 4.39. The first kappa shape index (κ1) is 19.5. The molecule has 1 aromatic heterocycles. The van der Waals surface area contributed by atoms with Gasteiger partial charge in [-0.05, 0) is 38.0 Å². The molecule has 7 heteroatoms. The van der Waals surface area contributed by atoms with Crippen LogP contribution in [-0.2, 0) is 17.9 Å². The molecule has 2 aromatic rings. The van der Waals surface area contributed by atoms with Crippen LogP contribution in [0.5, 0.6) is 5.75 Å². The molecule has 2 aliphatic rings. The van der Waals surface area contributed by atoms with Crippen molar-refractivity contribution in [3.63, 3.8) is 0 Å². The van der Waals surface area contributed by atoms with Crippen molar-refractivity contribution < 1.29 is 9.53 Å². The highest BCUT2D eigenvalue weighted by molar-refractivity contribution is 6.07. The van der Waals surface area contributed by atoms with E-state index in [0.29, 0.717) is 12.5 Å². The fourth-order valence-corrected chi connectivity index (χ4v) is 3.81. The van der Waals surface area contributed by atoms with Crippen LogP contribution in [0.2, 0.25) is 0 Å². The van der Waals surface area contributed by atoms with Gasteiger partial charge >= 0.3 is 0 Å². The fraction of sp³-hybridized carbons (Fsp3) is 0.500. The van der Waals surface area contributed by atoms with Gasteiger partial charge in [0.05, 0.1) is 18.6 Å². The highest BCUT2D eigenvalue weighted by atomic mass is 16.5. The van der Waals surface area contributed by atoms with Gasteiger partial charge in [0.2, 0.25) is 11.9 Å². The lowest BCUT2D eigenvalue weighted by Crippen LogP contribution is -2.35. The predicted octanol–water partition coefficient (Wildman–Crippen LogP) is 3.62. The molecule has 1 N–H and O–H groups in total. The minimum absolute atomic E-state index is 0.00904. The lowest BCUT2D eigenvalue weighted by atomic mass is 10.1. The first-order valence-electron chi connectivity index (χ1n) is 10.6. The lowest BCUT2D eigenvalue weighted by Gasteiger charge is -2.26. The maximum atomic E-state index is 11.8. The van der Waals surface area contributed by atoms with Gasteiger partial charge in [0.25, 0.3) is 0 Å². The van der Waals surface area contributed by atoms with E-state index in [4.69, 9.17) is 4.74 Å². The monoisotopic (exact) mass is 395 g/mol. The summed E-state index contributed by atoms with van der Waals surface area (Å²) in [5, 5.41) is 2.84. The van der Waals surface area contributed by atoms with E-state index in [9.17, 15) is 4.79 Å². The molecule has 4 rings (SSSR count). The first-order valence-corrected chi connectivity index (χ1v) is 10.6. The van der Waals surface area contributed by atoms with Crippen LogP contribution in [-0.4, -0.2) is 39.0 Å². The van der Waals surface area contributed by atoms with Crippen molar-refractivity contribution >= 4 is 17.6 Å². The van der Waals surface area contributed by atoms with Crippen molar-refractivity contribution in [3.05, 3.63) is 42.5 Å². The van der Waals surface area contributed by atoms with E-state index >= 15 is 0 Å². The summed E-state index contributed by atoms with van der Waals surface area (Å²) >= 11 is 0. The Hall–Kier alpha value is -2.83. The van der Waals surface area contributed by atoms with E-state index in [1.165, 1.54) is 32.1 Å². The zero-order chi connectivity index (χ0) is 20.1. The van der Waals surface area contributed by atoms with Gasteiger partial charge in [-0.3, -0.25) is 10.1 Å². The molecular formula is C22H29N5O2. The van der Waals surface area contributed by atoms with Crippen LogP contribution < -0.4 is 10.1 Å². The molecule has 1 aromatic carbocycles. The van der Waals surface area contributed by atoms with E-state index in [0.717, 1.165) is 36.6 Å². The minimum atomic E-state index is -0.175. The van der Waals surface area contributed by atoms with Crippen molar-refractivity contribution in [2.75, 3.05) is 6.61 Å². The van der Waals surface area contributed by atoms with Crippen molar-refractivity contribution in [2.24, 2.45) is 4.99 Å². The fourth-order valence-electron chi connectivity index (χ4n) is 3.81. The van der Waals surface area contributed by atoms with Crippen molar-refractivity contribution in [2.45, 2.75) is 64.6 Å². The highest BCUT2D eigenvalue weighted by Gasteiger charge is 2.35. The minimum Gasteiger partial charge on any atom is -0.494 e. The number of aryl methyl sites for hydroxylation is 1. The Morgan fingerprint density at radius 3 is 2.83 bits per heavy atom. The van der Waals surface area contributed by atoms with E-state index < -0.39 is 0 Å². The van der Waals surface area contributed by atoms with Crippen molar-refractivity contribution in [1.29, 1.82) is 0 Å². The normalized spacial score (nSPS) is 17.6. The van der Waals surface area contributed by atoms with Gasteiger partial charge in [0, 0.05) is 31.0 Å². The number of rotatable bonds is 10. The highest BCUT2D eigenvalue weighted by Crippen LogP contribution is 2.31. The molecule has 0 saturated carbocycles. The molecule has 7 nitrogen and oxygen atoms in total. The first-order chi connectivity index (χ1) is 14.2. The molecule has 29 heavy (non-hydrogen) atoms. The number of aromatic nitrogens is 2. The number of ether oxygens (including phenoxy) is 1. The van der Waals surface area contributed by atoms with Gasteiger partial charge in [-0.25, -0.2) is 9.98 Å². The van der Waals surface area contributed by atoms with Crippen molar-refractivity contribution in [3.8, 4) is 5.75 Å². The maximum Gasteiger partial charge on any atom is 0.249 e. The van der Waals surface area contributed by atoms with Gasteiger partial charge in [0.1, 0.15) is 11.8 Å². The van der Waals surface area contributed by atoms with E-state index in [1.54, 1.807) is 0 Å². The number of benzene rings is 1. The number of hydrogen-bond donors (Lipinski definition) is 1. The average molecular weight is 396 g/mol. The number of unbranched alkanes of at least 4 members (excludes halogenated alkanes) is 5. The summed E-state index contributed by atoms with van der Waals surface area (Å²) in [5.74, 6) is 1.55. The second-order valence-electron chi connectivity index (χ2n) is 7.79. The topological polar surface area (TPSA) is 71.7 Å². The van der Waals surface area contributed by atoms with Gasteiger partial charge in [-0.15, -0.1) is 0 Å². The number of aliphatic imine (C=N–C) groups is 1. The van der Waals surface area contributed by atoms with Crippen LogP contribution in [0.3, 0.4) is 0 Å². The molecule has 3 heterocycles. The number of carbonyl (C=O) groups is 1. The number of fused-ring (bicyclic) bond motifs is 2. The van der Waals surface area contributed by atoms with Crippen LogP contribution in [0.15, 0.2) is 41.9 Å². The van der Waals surface area contributed by atoms with Crippen LogP contribution in [0.25, 0.3) is 0 Å². The lowest BCUT2D eigenvalue weighted by molar-refractivity contribution is -0.121. The summed E-state index contributed by atoms with van der Waals surface area (Å²) in [6.07, 6.45) is 13.0. The third-order valence-corrected chi connectivity index (χ3v) is 5.61. The molecule has 0 radical (unpaired) electrons. The Bertz CT molecular complexity index is 862. The third kappa shape index (κ3) is 4.78. The molecule has 0 spiro atoms. The molecule has 1 fully saturated rings. The SMILES string of the molecule is CC1C(=O)NC2=Nc3ccc(OCCCCCCCCn4ccnc4)cc3CN21. The van der Waals surface area contributed by atoms with Crippen LogP contribution in [0.1, 0.15) is 51.0 Å². The molecule has 154 valence electrons. The van der Waals surface area contributed by atoms with Crippen LogP contribution in [0, 0.1) is 0 Å². The molecule has 1 amide bonds. The van der Waals surface area contributed by atoms with Gasteiger partial charge < -0.3 is 14.2 Å². The van der Waals surface area contributed by atoms with Crippen LogP contribution in [0.4, 0.5) is 5.69 Å². The Morgan fingerprint density at radius 1 is 1.17 bits per heavy atom. The quantitative estimate of drug-likeness (QED) is 0.624. The Kier molecular flexibility index (Phi) is 6.12. The second kappa shape index (κ2) is 9.11. The standard InChI is InChI=1S/C22H29N5O2/c1-17-21(28)25-22-24-20-9-8-19(14-18(20)15-27(17)22)29-13-7-5-3-2-4-6-11-26-12-10-23-16-26/h8-10,12,14,16-17H,2-7,11,13,15H2,1H3,(H,24,25,28). The summed E-state index contributed by atoms with van der Waals surface area (Å²) in [6, 6.07) is 5.83. The molecule has 0 aliphatic carbocycles. The van der Waals surface area contributed by atoms with E-state index in [2.05, 4.69) is 25.9 Å². The summed E-state index contributed by atoms with van der Waals surface area (Å²) in [5.41, 5.74) is 2.01. The number of guanidine groups is 1. The molecular weight excluding hydrogens is 366 g/mol. The number of hydrogen-bond acceptors (Lipinski definition) is 5. The Labute approximate surface area is 171 Å². The number of amides is 1. The molecule has 2 aliphatic heterocycles. The van der Waals surface area contributed by atoms with E-state index in [1.807, 2.05) is 42.7 Å². The van der Waals surface area contributed by atoms with Crippen molar-refractivity contribution in [1.82, 2.24) is 19.8 Å². The van der Waals surface area contributed by atoms with E-state index in [-0.39, 0.29) is 11.9 Å². The van der Waals surface area contributed by atoms with Gasteiger partial charge in [-0.1, -0.05) is 25.7 Å². The van der Waals surface area contributed by atoms with Crippen LogP contribution >= 0.6 is 0 Å². The van der Waals surface area contributed by atoms with Gasteiger partial charge in [-0.2, -0.15) is 0 Å². The zero-order valence-corrected chi connectivity index (χ0v) is 17.0. The number of nitrogens with one attached hydrogen (secondary N) is 1. The summed E-state index contributed by atoms with van der Waals surface area (Å²) in [4.78, 5) is 22.5. The maximum absolute atomic E-state index is 11.8. The third-order valence-electron chi connectivity index (χ3n) is 5.61. The average Bonchev–Trinajstić information content (AvgIpc) is 3.33. The Balaban J connectivity index is 1.13. The summed E-state index contributed by atoms with van der Waals surface area (Å²) in [7, 11) is 0. The zero-order valence-electron chi connectivity index (χ0n) is 17.0. The van der Waals surface area contributed by atoms with Gasteiger partial charge in [0.15, 0.2) is 0 Å². The number of nitrogens with zero attached hydrogens (tertiary/aromatic N) is 4. The predicted molar refractivity (Wildman–Crippen MR) is 112 cm³/mol. The second-order valence-corrected chi connectivity index (χ2v) is 7.79. The smallest absolute Gasteiger partial charge is 0.249 e. The largest absolute Gasteiger partial charge is 0.494 e. The number of imidazole rings is 1.